The molecule has 0 bridgehead atoms. The highest BCUT2D eigenvalue weighted by molar-refractivity contribution is 6.19. The number of carbonyl (C=O) groups is 1. The van der Waals surface area contributed by atoms with Gasteiger partial charge in [-0.15, -0.1) is 29.8 Å². The maximum absolute atomic E-state index is 14.5. The van der Waals surface area contributed by atoms with E-state index in [1.165, 1.54) is 42.3 Å². The molecule has 0 aliphatic carbocycles. The fraction of sp³-hybridized carbons (Fsp3) is 0.433. The summed E-state index contributed by atoms with van der Waals surface area (Å²) < 4.78 is 38.8. The van der Waals surface area contributed by atoms with Crippen molar-refractivity contribution in [3.63, 3.8) is 0 Å². The van der Waals surface area contributed by atoms with Crippen molar-refractivity contribution < 1.29 is 28.2 Å². The van der Waals surface area contributed by atoms with Crippen molar-refractivity contribution in [2.45, 2.75) is 46.3 Å². The first-order valence-electron chi connectivity index (χ1n) is 12.8. The van der Waals surface area contributed by atoms with Gasteiger partial charge in [0.1, 0.15) is 11.6 Å². The van der Waals surface area contributed by atoms with Crippen LogP contribution in [-0.4, -0.2) is 47.9 Å². The highest BCUT2D eigenvalue weighted by Crippen LogP contribution is 2.42. The van der Waals surface area contributed by atoms with Gasteiger partial charge in [0, 0.05) is 43.6 Å². The van der Waals surface area contributed by atoms with Crippen LogP contribution >= 0.6 is 23.2 Å². The number of nitrogens with zero attached hydrogens (tertiary/aromatic N) is 1. The van der Waals surface area contributed by atoms with E-state index in [9.17, 15) is 18.7 Å². The van der Waals surface area contributed by atoms with Crippen molar-refractivity contribution in [2.75, 3.05) is 32.0 Å². The van der Waals surface area contributed by atoms with Crippen molar-refractivity contribution in [1.82, 2.24) is 4.90 Å². The second-order valence-corrected chi connectivity index (χ2v) is 9.08. The summed E-state index contributed by atoms with van der Waals surface area (Å²) in [6.45, 7) is 10.5. The Bertz CT molecular complexity index is 1060. The van der Waals surface area contributed by atoms with E-state index in [0.29, 0.717) is 37.4 Å². The fourth-order valence-corrected chi connectivity index (χ4v) is 3.90. The van der Waals surface area contributed by atoms with Gasteiger partial charge in [-0.25, -0.2) is 8.78 Å². The van der Waals surface area contributed by atoms with E-state index in [4.69, 9.17) is 21.1 Å². The van der Waals surface area contributed by atoms with Crippen LogP contribution in [0.1, 0.15) is 62.2 Å². The van der Waals surface area contributed by atoms with Gasteiger partial charge in [0.05, 0.1) is 5.56 Å². The second kappa shape index (κ2) is 18.6. The van der Waals surface area contributed by atoms with Crippen LogP contribution in [0, 0.1) is 17.6 Å². The SMILES string of the molecule is C=CC.CC/C=C(/C)CCl.CCl.O=C(c1cc2c(cc1F)OC(c1ccc(F)cc1)O2)N1CCC(CO)CC1. The van der Waals surface area contributed by atoms with Crippen molar-refractivity contribution in [3.8, 4) is 11.5 Å². The molecule has 2 aromatic rings. The largest absolute Gasteiger partial charge is 0.447 e. The molecule has 2 aromatic carbocycles. The normalized spacial score (nSPS) is 16.1. The van der Waals surface area contributed by atoms with Gasteiger partial charge in [0.25, 0.3) is 12.2 Å². The molecule has 1 fully saturated rings. The molecule has 216 valence electrons. The van der Waals surface area contributed by atoms with Crippen LogP contribution < -0.4 is 9.47 Å². The Balaban J connectivity index is 0.000000540. The van der Waals surface area contributed by atoms with E-state index in [2.05, 4.69) is 31.2 Å². The number of hydrogen-bond donors (Lipinski definition) is 1. The molecule has 2 aliphatic heterocycles. The van der Waals surface area contributed by atoms with Gasteiger partial charge >= 0.3 is 0 Å². The molecule has 0 spiro atoms. The molecule has 2 heterocycles. The smallest absolute Gasteiger partial charge is 0.267 e. The Labute approximate surface area is 241 Å². The topological polar surface area (TPSA) is 59.0 Å². The number of piperidine rings is 1. The van der Waals surface area contributed by atoms with Crippen LogP contribution in [0.15, 0.2) is 60.7 Å². The first-order chi connectivity index (χ1) is 18.8. The van der Waals surface area contributed by atoms with Crippen molar-refractivity contribution in [3.05, 3.63) is 83.5 Å². The summed E-state index contributed by atoms with van der Waals surface area (Å²) in [5.41, 5.74) is 1.79. The lowest BCUT2D eigenvalue weighted by molar-refractivity contribution is 0.0484. The molecule has 0 aromatic heterocycles. The number of benzene rings is 2. The van der Waals surface area contributed by atoms with Gasteiger partial charge in [-0.2, -0.15) is 0 Å². The average molecular weight is 587 g/mol. The number of carbonyl (C=O) groups excluding carboxylic acids is 1. The molecular formula is C30H39Cl2F2NO4. The Kier molecular flexibility index (Phi) is 16.4. The van der Waals surface area contributed by atoms with Gasteiger partial charge in [0.2, 0.25) is 0 Å². The predicted octanol–water partition coefficient (Wildman–Crippen LogP) is 7.91. The maximum atomic E-state index is 14.5. The number of allylic oxidation sites excluding steroid dienone is 3. The monoisotopic (exact) mass is 585 g/mol. The summed E-state index contributed by atoms with van der Waals surface area (Å²) in [6.07, 6.45) is 7.03. The van der Waals surface area contributed by atoms with Gasteiger partial charge < -0.3 is 19.5 Å². The lowest BCUT2D eigenvalue weighted by Gasteiger charge is -2.31. The number of ether oxygens (including phenoxy) is 2. The number of fused-ring (bicyclic) bond motifs is 1. The third kappa shape index (κ3) is 10.8. The zero-order chi connectivity index (χ0) is 29.4. The molecule has 1 saturated heterocycles. The lowest BCUT2D eigenvalue weighted by atomic mass is 9.97. The summed E-state index contributed by atoms with van der Waals surface area (Å²) in [6, 6.07) is 8.13. The summed E-state index contributed by atoms with van der Waals surface area (Å²) in [5.74, 6) is -0.109. The molecule has 9 heteroatoms. The average Bonchev–Trinajstić information content (AvgIpc) is 3.37. The molecular weight excluding hydrogens is 547 g/mol. The van der Waals surface area contributed by atoms with Crippen molar-refractivity contribution in [1.29, 1.82) is 0 Å². The van der Waals surface area contributed by atoms with Gasteiger partial charge in [-0.05, 0) is 69.4 Å². The summed E-state index contributed by atoms with van der Waals surface area (Å²) >= 11 is 10.1. The number of aliphatic hydroxyl groups excluding tert-OH is 1. The molecule has 1 unspecified atom stereocenters. The molecule has 2 aliphatic rings. The Hall–Kier alpha value is -2.61. The number of halogens is 4. The highest BCUT2D eigenvalue weighted by atomic mass is 35.5. The molecule has 39 heavy (non-hydrogen) atoms. The standard InChI is InChI=1S/C20H19F2NO4.C6H11Cl.C3H6.CH3Cl/c21-14-3-1-13(2-4-14)20-26-17-9-15(16(22)10-18(17)27-20)19(25)23-7-5-12(11-24)6-8-23;1-3-4-6(2)5-7;1-3-2;1-2/h1-4,9-10,12,20,24H,5-8,11H2;4H,3,5H2,1-2H3;3H,1H2,2H3;1H3/b;6-4-;;. The van der Waals surface area contributed by atoms with Gasteiger partial charge in [-0.3, -0.25) is 4.79 Å². The third-order valence-corrected chi connectivity index (χ3v) is 6.22. The minimum absolute atomic E-state index is 0.0699. The third-order valence-electron chi connectivity index (χ3n) is 5.80. The zero-order valence-corrected chi connectivity index (χ0v) is 24.6. The maximum Gasteiger partial charge on any atom is 0.267 e. The fourth-order valence-electron chi connectivity index (χ4n) is 3.79. The predicted molar refractivity (Wildman–Crippen MR) is 155 cm³/mol. The minimum Gasteiger partial charge on any atom is -0.447 e. The molecule has 5 nitrogen and oxygen atoms in total. The van der Waals surface area contributed by atoms with Crippen molar-refractivity contribution in [2.24, 2.45) is 5.92 Å². The van der Waals surface area contributed by atoms with Crippen LogP contribution in [0.4, 0.5) is 8.78 Å². The number of likely N-dealkylation sites (tertiary alicyclic amines) is 1. The summed E-state index contributed by atoms with van der Waals surface area (Å²) in [7, 11) is 0. The van der Waals surface area contributed by atoms with Crippen LogP contribution in [0.5, 0.6) is 11.5 Å². The number of hydrogen-bond acceptors (Lipinski definition) is 4. The molecule has 0 radical (unpaired) electrons. The molecule has 1 atom stereocenters. The molecule has 1 amide bonds. The number of aliphatic hydroxyl groups is 1. The second-order valence-electron chi connectivity index (χ2n) is 8.82. The quantitative estimate of drug-likeness (QED) is 0.286. The summed E-state index contributed by atoms with van der Waals surface area (Å²) in [5, 5.41) is 9.20. The van der Waals surface area contributed by atoms with E-state index in [1.54, 1.807) is 11.0 Å². The van der Waals surface area contributed by atoms with Crippen LogP contribution in [-0.2, 0) is 0 Å². The highest BCUT2D eigenvalue weighted by Gasteiger charge is 2.31. The number of alkyl halides is 2. The minimum atomic E-state index is -0.814. The molecule has 0 saturated carbocycles. The molecule has 1 N–H and O–H groups in total. The Morgan fingerprint density at radius 3 is 2.13 bits per heavy atom. The van der Waals surface area contributed by atoms with E-state index < -0.39 is 18.0 Å². The first kappa shape index (κ1) is 34.4. The Morgan fingerprint density at radius 1 is 1.13 bits per heavy atom. The zero-order valence-electron chi connectivity index (χ0n) is 23.1. The Morgan fingerprint density at radius 2 is 1.67 bits per heavy atom. The lowest BCUT2D eigenvalue weighted by Crippen LogP contribution is -2.39. The summed E-state index contributed by atoms with van der Waals surface area (Å²) in [4.78, 5) is 14.3. The number of rotatable bonds is 5. The van der Waals surface area contributed by atoms with E-state index in [1.807, 2.05) is 13.8 Å². The first-order valence-corrected chi connectivity index (χ1v) is 14.1. The van der Waals surface area contributed by atoms with Crippen molar-refractivity contribution >= 4 is 29.1 Å². The van der Waals surface area contributed by atoms with Crippen LogP contribution in [0.2, 0.25) is 0 Å². The van der Waals surface area contributed by atoms with E-state index in [-0.39, 0.29) is 35.4 Å². The van der Waals surface area contributed by atoms with Gasteiger partial charge in [-0.1, -0.05) is 24.6 Å². The molecule has 4 rings (SSSR count). The van der Waals surface area contributed by atoms with E-state index in [0.717, 1.165) is 12.5 Å². The van der Waals surface area contributed by atoms with Crippen LogP contribution in [0.25, 0.3) is 0 Å². The van der Waals surface area contributed by atoms with Gasteiger partial charge in [0.15, 0.2) is 11.5 Å². The number of amides is 1. The van der Waals surface area contributed by atoms with Crippen LogP contribution in [0.3, 0.4) is 0 Å². The van der Waals surface area contributed by atoms with E-state index >= 15 is 0 Å².